The van der Waals surface area contributed by atoms with Crippen LogP contribution in [0.2, 0.25) is 0 Å². The lowest BCUT2D eigenvalue weighted by molar-refractivity contribution is -0.154. The summed E-state index contributed by atoms with van der Waals surface area (Å²) in [6.07, 6.45) is 4.12. The van der Waals surface area contributed by atoms with E-state index < -0.39 is 5.54 Å². The molecule has 1 N–H and O–H groups in total. The zero-order valence-corrected chi connectivity index (χ0v) is 12.3. The van der Waals surface area contributed by atoms with E-state index in [1.54, 1.807) is 16.7 Å². The minimum atomic E-state index is -0.665. The van der Waals surface area contributed by atoms with Gasteiger partial charge >= 0.3 is 0 Å². The summed E-state index contributed by atoms with van der Waals surface area (Å²) in [6.45, 7) is 6.43. The third kappa shape index (κ3) is 2.25. The number of nitrogens with one attached hydrogen (secondary N) is 1. The molecule has 1 heterocycles. The van der Waals surface area contributed by atoms with Crippen molar-refractivity contribution in [3.8, 4) is 0 Å². The van der Waals surface area contributed by atoms with E-state index >= 15 is 0 Å². The lowest BCUT2D eigenvalue weighted by Gasteiger charge is -2.44. The maximum atomic E-state index is 12.6. The van der Waals surface area contributed by atoms with Crippen molar-refractivity contribution in [1.29, 1.82) is 0 Å². The van der Waals surface area contributed by atoms with Crippen LogP contribution in [0.3, 0.4) is 0 Å². The quantitative estimate of drug-likeness (QED) is 0.836. The summed E-state index contributed by atoms with van der Waals surface area (Å²) in [4.78, 5) is 26.5. The first-order chi connectivity index (χ1) is 8.40. The van der Waals surface area contributed by atoms with Gasteiger partial charge in [0.25, 0.3) is 0 Å². The zero-order chi connectivity index (χ0) is 13.5. The fraction of sp³-hybridized carbons (Fsp3) is 0.846. The van der Waals surface area contributed by atoms with Crippen LogP contribution in [0.25, 0.3) is 0 Å². The molecule has 0 spiro atoms. The first-order valence-corrected chi connectivity index (χ1v) is 7.84. The molecule has 1 saturated heterocycles. The molecular formula is C13H22N2O2S. The molecule has 0 aromatic rings. The fourth-order valence-corrected chi connectivity index (χ4v) is 2.87. The summed E-state index contributed by atoms with van der Waals surface area (Å²) >= 11 is 1.72. The molecule has 2 rings (SSSR count). The number of rotatable bonds is 4. The molecule has 2 fully saturated rings. The summed E-state index contributed by atoms with van der Waals surface area (Å²) in [5, 5.41) is 3.29. The summed E-state index contributed by atoms with van der Waals surface area (Å²) in [7, 11) is 0. The molecule has 1 saturated carbocycles. The fourth-order valence-electron chi connectivity index (χ4n) is 2.56. The number of carbonyl (C=O) groups is 2. The Morgan fingerprint density at radius 3 is 2.61 bits per heavy atom. The number of nitrogens with zero attached hydrogens (tertiary/aromatic N) is 1. The first-order valence-electron chi connectivity index (χ1n) is 6.56. The maximum absolute atomic E-state index is 12.6. The topological polar surface area (TPSA) is 49.4 Å². The Kier molecular flexibility index (Phi) is 3.63. The maximum Gasteiger partial charge on any atom is 0.249 e. The Morgan fingerprint density at radius 1 is 1.50 bits per heavy atom. The van der Waals surface area contributed by atoms with Gasteiger partial charge in [-0.1, -0.05) is 6.92 Å². The predicted molar refractivity (Wildman–Crippen MR) is 73.4 cm³/mol. The van der Waals surface area contributed by atoms with Gasteiger partial charge in [0.15, 0.2) is 0 Å². The Morgan fingerprint density at radius 2 is 2.11 bits per heavy atom. The van der Waals surface area contributed by atoms with Crippen molar-refractivity contribution in [1.82, 2.24) is 10.2 Å². The number of piperazine rings is 1. The highest BCUT2D eigenvalue weighted by Crippen LogP contribution is 2.42. The van der Waals surface area contributed by atoms with Gasteiger partial charge in [-0.15, -0.1) is 0 Å². The van der Waals surface area contributed by atoms with Crippen LogP contribution >= 0.6 is 11.8 Å². The van der Waals surface area contributed by atoms with Crippen molar-refractivity contribution in [2.45, 2.75) is 50.4 Å². The molecule has 18 heavy (non-hydrogen) atoms. The van der Waals surface area contributed by atoms with Crippen LogP contribution in [0.5, 0.6) is 0 Å². The Hall–Kier alpha value is -0.710. The van der Waals surface area contributed by atoms with Crippen LogP contribution < -0.4 is 5.32 Å². The van der Waals surface area contributed by atoms with Crippen LogP contribution in [-0.4, -0.2) is 46.3 Å². The van der Waals surface area contributed by atoms with Crippen LogP contribution in [0, 0.1) is 5.92 Å². The molecule has 4 nitrogen and oxygen atoms in total. The van der Waals surface area contributed by atoms with Crippen LogP contribution in [-0.2, 0) is 9.59 Å². The summed E-state index contributed by atoms with van der Waals surface area (Å²) < 4.78 is 0. The highest BCUT2D eigenvalue weighted by molar-refractivity contribution is 7.99. The number of hydrogen-bond acceptors (Lipinski definition) is 3. The molecule has 0 radical (unpaired) electrons. The molecule has 0 bridgehead atoms. The van der Waals surface area contributed by atoms with Crippen molar-refractivity contribution in [2.75, 3.05) is 12.8 Å². The van der Waals surface area contributed by atoms with Crippen molar-refractivity contribution >= 4 is 23.6 Å². The second kappa shape index (κ2) is 4.76. The Balaban J connectivity index is 2.20. The third-order valence-electron chi connectivity index (χ3n) is 4.18. The smallest absolute Gasteiger partial charge is 0.249 e. The summed E-state index contributed by atoms with van der Waals surface area (Å²) in [5.74, 6) is 0.406. The van der Waals surface area contributed by atoms with Crippen LogP contribution in [0.15, 0.2) is 0 Å². The molecule has 2 aliphatic rings. The second-order valence-electron chi connectivity index (χ2n) is 5.65. The molecule has 2 amide bonds. The van der Waals surface area contributed by atoms with Crippen molar-refractivity contribution in [3.63, 3.8) is 0 Å². The van der Waals surface area contributed by atoms with E-state index in [0.29, 0.717) is 17.7 Å². The van der Waals surface area contributed by atoms with Gasteiger partial charge in [-0.25, -0.2) is 0 Å². The molecule has 0 aromatic carbocycles. The van der Waals surface area contributed by atoms with E-state index in [9.17, 15) is 9.59 Å². The third-order valence-corrected chi connectivity index (χ3v) is 5.14. The van der Waals surface area contributed by atoms with E-state index in [4.69, 9.17) is 0 Å². The van der Waals surface area contributed by atoms with Gasteiger partial charge in [-0.3, -0.25) is 9.59 Å². The van der Waals surface area contributed by atoms with Crippen LogP contribution in [0.4, 0.5) is 0 Å². The van der Waals surface area contributed by atoms with Gasteiger partial charge in [-0.2, -0.15) is 11.8 Å². The van der Waals surface area contributed by atoms with Crippen molar-refractivity contribution < 1.29 is 9.59 Å². The Bertz CT molecular complexity index is 370. The average molecular weight is 270 g/mol. The monoisotopic (exact) mass is 270 g/mol. The zero-order valence-electron chi connectivity index (χ0n) is 11.5. The average Bonchev–Trinajstić information content (AvgIpc) is 3.16. The van der Waals surface area contributed by atoms with Crippen molar-refractivity contribution in [2.24, 2.45) is 5.92 Å². The van der Waals surface area contributed by atoms with Gasteiger partial charge in [-0.05, 0) is 38.9 Å². The van der Waals surface area contributed by atoms with Gasteiger partial charge in [0.2, 0.25) is 11.8 Å². The first kappa shape index (κ1) is 13.7. The molecule has 5 heteroatoms. The minimum absolute atomic E-state index is 0.0164. The van der Waals surface area contributed by atoms with Gasteiger partial charge in [0.05, 0.1) is 0 Å². The normalized spacial score (nSPS) is 34.4. The molecule has 1 aliphatic heterocycles. The summed E-state index contributed by atoms with van der Waals surface area (Å²) in [6, 6.07) is -0.348. The van der Waals surface area contributed by atoms with E-state index in [1.807, 2.05) is 20.1 Å². The predicted octanol–water partition coefficient (Wildman–Crippen LogP) is 1.25. The largest absolute Gasteiger partial charge is 0.340 e. The number of amides is 2. The van der Waals surface area contributed by atoms with Gasteiger partial charge in [0.1, 0.15) is 11.6 Å². The van der Waals surface area contributed by atoms with Gasteiger partial charge < -0.3 is 10.2 Å². The highest BCUT2D eigenvalue weighted by Gasteiger charge is 2.54. The van der Waals surface area contributed by atoms with Crippen molar-refractivity contribution in [3.05, 3.63) is 0 Å². The number of thioether (sulfide) groups is 1. The second-order valence-corrected chi connectivity index (χ2v) is 6.92. The number of hydrogen-bond donors (Lipinski definition) is 1. The molecule has 1 aliphatic carbocycles. The molecule has 102 valence electrons. The molecule has 3 unspecified atom stereocenters. The highest BCUT2D eigenvalue weighted by atomic mass is 32.2. The SMILES string of the molecule is CSC(C)CN1C(=O)C(C)(C2CC2)NC(=O)C1C. The Labute approximate surface area is 113 Å². The van der Waals surface area contributed by atoms with E-state index in [-0.39, 0.29) is 17.9 Å². The van der Waals surface area contributed by atoms with Crippen LogP contribution in [0.1, 0.15) is 33.6 Å². The molecule has 3 atom stereocenters. The lowest BCUT2D eigenvalue weighted by atomic mass is 9.89. The lowest BCUT2D eigenvalue weighted by Crippen LogP contribution is -2.70. The van der Waals surface area contributed by atoms with E-state index in [1.165, 1.54) is 0 Å². The van der Waals surface area contributed by atoms with E-state index in [0.717, 1.165) is 12.8 Å². The number of carbonyl (C=O) groups excluding carboxylic acids is 2. The standard InChI is InChI=1S/C13H22N2O2S/c1-8(18-4)7-15-9(2)11(16)14-13(3,12(15)17)10-5-6-10/h8-10H,5-7H2,1-4H3,(H,14,16). The molecule has 0 aromatic heterocycles. The summed E-state index contributed by atoms with van der Waals surface area (Å²) in [5.41, 5.74) is -0.665. The van der Waals surface area contributed by atoms with E-state index in [2.05, 4.69) is 12.2 Å². The molecular weight excluding hydrogens is 248 g/mol. The minimum Gasteiger partial charge on any atom is -0.340 e. The van der Waals surface area contributed by atoms with Gasteiger partial charge in [0, 0.05) is 11.8 Å².